The van der Waals surface area contributed by atoms with Gasteiger partial charge in [0.15, 0.2) is 0 Å². The third kappa shape index (κ3) is 3.17. The Hall–Kier alpha value is -1.16. The van der Waals surface area contributed by atoms with Gasteiger partial charge >= 0.3 is 0 Å². The van der Waals surface area contributed by atoms with Gasteiger partial charge in [0.05, 0.1) is 24.1 Å². The summed E-state index contributed by atoms with van der Waals surface area (Å²) in [6.07, 6.45) is 5.97. The number of hydrogen-bond donors (Lipinski definition) is 1. The summed E-state index contributed by atoms with van der Waals surface area (Å²) in [7, 11) is 0. The van der Waals surface area contributed by atoms with E-state index in [2.05, 4.69) is 9.97 Å². The van der Waals surface area contributed by atoms with E-state index >= 15 is 0 Å². The minimum atomic E-state index is -0.274. The van der Waals surface area contributed by atoms with Crippen LogP contribution in [0.3, 0.4) is 0 Å². The maximum absolute atomic E-state index is 9.81. The molecule has 16 heavy (non-hydrogen) atoms. The maximum Gasteiger partial charge on any atom is 0.232 e. The number of rotatable bonds is 5. The van der Waals surface area contributed by atoms with Gasteiger partial charge in [-0.15, -0.1) is 0 Å². The van der Waals surface area contributed by atoms with Crippen LogP contribution in [0.25, 0.3) is 0 Å². The van der Waals surface area contributed by atoms with E-state index in [1.54, 1.807) is 12.4 Å². The molecule has 4 heteroatoms. The van der Waals surface area contributed by atoms with Gasteiger partial charge in [-0.2, -0.15) is 0 Å². The number of ether oxygens (including phenoxy) is 1. The summed E-state index contributed by atoms with van der Waals surface area (Å²) in [5, 5.41) is 9.81. The van der Waals surface area contributed by atoms with Crippen molar-refractivity contribution >= 4 is 0 Å². The Balaban J connectivity index is 1.97. The molecule has 1 N–H and O–H groups in total. The molecule has 1 aromatic heterocycles. The molecular weight excluding hydrogens is 204 g/mol. The molecule has 0 saturated heterocycles. The molecule has 0 aromatic carbocycles. The van der Waals surface area contributed by atoms with Crippen LogP contribution < -0.4 is 4.74 Å². The van der Waals surface area contributed by atoms with E-state index in [0.717, 1.165) is 18.5 Å². The number of nitrogens with zero attached hydrogens (tertiary/aromatic N) is 2. The van der Waals surface area contributed by atoms with Crippen molar-refractivity contribution in [3.05, 3.63) is 18.1 Å². The summed E-state index contributed by atoms with van der Waals surface area (Å²) >= 11 is 0. The van der Waals surface area contributed by atoms with Gasteiger partial charge < -0.3 is 9.84 Å². The highest BCUT2D eigenvalue weighted by atomic mass is 16.5. The van der Waals surface area contributed by atoms with Crippen LogP contribution in [0.1, 0.15) is 32.4 Å². The molecular formula is C12H18N2O2. The highest BCUT2D eigenvalue weighted by molar-refractivity contribution is 5.10. The standard InChI is InChI=1S/C12H18N2O2/c1-8(2)16-12-7-13-6-10(14-12)5-11(15)9-3-4-9/h6-9,11,15H,3-5H2,1-2H3. The van der Waals surface area contributed by atoms with Crippen LogP contribution in [-0.4, -0.2) is 27.3 Å². The number of aromatic nitrogens is 2. The average Bonchev–Trinajstić information content (AvgIpc) is 2.99. The summed E-state index contributed by atoms with van der Waals surface area (Å²) in [5.74, 6) is 1.01. The molecule has 1 aliphatic rings. The lowest BCUT2D eigenvalue weighted by Crippen LogP contribution is -2.15. The first-order chi connectivity index (χ1) is 7.65. The van der Waals surface area contributed by atoms with Crippen LogP contribution in [0.4, 0.5) is 0 Å². The van der Waals surface area contributed by atoms with Crippen LogP contribution in [0.5, 0.6) is 5.88 Å². The van der Waals surface area contributed by atoms with Gasteiger partial charge in [0.1, 0.15) is 0 Å². The second-order valence-corrected chi connectivity index (χ2v) is 4.62. The predicted octanol–water partition coefficient (Wildman–Crippen LogP) is 1.58. The van der Waals surface area contributed by atoms with Gasteiger partial charge in [0.2, 0.25) is 5.88 Å². The lowest BCUT2D eigenvalue weighted by atomic mass is 10.1. The Bertz CT molecular complexity index is 351. The van der Waals surface area contributed by atoms with Gasteiger partial charge in [-0.25, -0.2) is 4.98 Å². The summed E-state index contributed by atoms with van der Waals surface area (Å²) < 4.78 is 5.46. The fraction of sp³-hybridized carbons (Fsp3) is 0.667. The first-order valence-electron chi connectivity index (χ1n) is 5.81. The maximum atomic E-state index is 9.81. The van der Waals surface area contributed by atoms with E-state index < -0.39 is 0 Å². The zero-order valence-electron chi connectivity index (χ0n) is 9.76. The topological polar surface area (TPSA) is 55.2 Å². The summed E-state index contributed by atoms with van der Waals surface area (Å²) in [4.78, 5) is 8.39. The third-order valence-corrected chi connectivity index (χ3v) is 2.60. The molecule has 2 rings (SSSR count). The SMILES string of the molecule is CC(C)Oc1cncc(CC(O)C2CC2)n1. The number of aliphatic hydroxyl groups excluding tert-OH is 1. The van der Waals surface area contributed by atoms with Crippen molar-refractivity contribution in [2.45, 2.75) is 45.3 Å². The van der Waals surface area contributed by atoms with Crippen LogP contribution >= 0.6 is 0 Å². The van der Waals surface area contributed by atoms with Crippen LogP contribution in [0.15, 0.2) is 12.4 Å². The predicted molar refractivity (Wildman–Crippen MR) is 60.2 cm³/mol. The molecule has 4 nitrogen and oxygen atoms in total. The van der Waals surface area contributed by atoms with Gasteiger partial charge in [-0.05, 0) is 32.6 Å². The van der Waals surface area contributed by atoms with Crippen molar-refractivity contribution in [1.29, 1.82) is 0 Å². The highest BCUT2D eigenvalue weighted by Gasteiger charge is 2.29. The molecule has 1 aromatic rings. The quantitative estimate of drug-likeness (QED) is 0.821. The van der Waals surface area contributed by atoms with E-state index in [9.17, 15) is 5.11 Å². The summed E-state index contributed by atoms with van der Waals surface area (Å²) in [6.45, 7) is 3.90. The Morgan fingerprint density at radius 2 is 2.19 bits per heavy atom. The van der Waals surface area contributed by atoms with Crippen molar-refractivity contribution in [2.75, 3.05) is 0 Å². The van der Waals surface area contributed by atoms with Gasteiger partial charge in [0, 0.05) is 12.6 Å². The Morgan fingerprint density at radius 1 is 1.44 bits per heavy atom. The zero-order valence-corrected chi connectivity index (χ0v) is 9.76. The molecule has 1 heterocycles. The van der Waals surface area contributed by atoms with Crippen LogP contribution in [0, 0.1) is 5.92 Å². The minimum absolute atomic E-state index is 0.0953. The van der Waals surface area contributed by atoms with Crippen molar-refractivity contribution in [2.24, 2.45) is 5.92 Å². The van der Waals surface area contributed by atoms with E-state index in [1.807, 2.05) is 13.8 Å². The summed E-state index contributed by atoms with van der Waals surface area (Å²) in [6, 6.07) is 0. The fourth-order valence-corrected chi connectivity index (χ4v) is 1.64. The van der Waals surface area contributed by atoms with Gasteiger partial charge in [-0.3, -0.25) is 4.98 Å². The van der Waals surface area contributed by atoms with E-state index in [-0.39, 0.29) is 12.2 Å². The van der Waals surface area contributed by atoms with Gasteiger partial charge in [0.25, 0.3) is 0 Å². The molecule has 0 spiro atoms. The van der Waals surface area contributed by atoms with Crippen molar-refractivity contribution in [1.82, 2.24) is 9.97 Å². The Labute approximate surface area is 95.7 Å². The Kier molecular flexibility index (Phi) is 3.39. The molecule has 1 aliphatic carbocycles. The fourth-order valence-electron chi connectivity index (χ4n) is 1.64. The molecule has 88 valence electrons. The molecule has 1 unspecified atom stereocenters. The first kappa shape index (κ1) is 11.3. The smallest absolute Gasteiger partial charge is 0.232 e. The van der Waals surface area contributed by atoms with Crippen molar-refractivity contribution in [3.63, 3.8) is 0 Å². The van der Waals surface area contributed by atoms with E-state index in [0.29, 0.717) is 18.2 Å². The second kappa shape index (κ2) is 4.78. The molecule has 0 amide bonds. The van der Waals surface area contributed by atoms with Crippen LogP contribution in [-0.2, 0) is 6.42 Å². The largest absolute Gasteiger partial charge is 0.474 e. The monoisotopic (exact) mass is 222 g/mol. The zero-order chi connectivity index (χ0) is 11.5. The van der Waals surface area contributed by atoms with Gasteiger partial charge in [-0.1, -0.05) is 0 Å². The normalized spacial score (nSPS) is 17.5. The van der Waals surface area contributed by atoms with E-state index in [1.165, 1.54) is 0 Å². The molecule has 1 atom stereocenters. The second-order valence-electron chi connectivity index (χ2n) is 4.62. The third-order valence-electron chi connectivity index (χ3n) is 2.60. The van der Waals surface area contributed by atoms with Crippen LogP contribution in [0.2, 0.25) is 0 Å². The number of hydrogen-bond acceptors (Lipinski definition) is 4. The highest BCUT2D eigenvalue weighted by Crippen LogP contribution is 2.33. The molecule has 1 fully saturated rings. The molecule has 0 bridgehead atoms. The first-order valence-corrected chi connectivity index (χ1v) is 5.81. The molecule has 0 radical (unpaired) electrons. The number of aliphatic hydroxyl groups is 1. The lowest BCUT2D eigenvalue weighted by Gasteiger charge is -2.11. The summed E-state index contributed by atoms with van der Waals surface area (Å²) in [5.41, 5.74) is 0.803. The Morgan fingerprint density at radius 3 is 2.81 bits per heavy atom. The molecule has 1 saturated carbocycles. The molecule has 0 aliphatic heterocycles. The minimum Gasteiger partial charge on any atom is -0.474 e. The van der Waals surface area contributed by atoms with E-state index in [4.69, 9.17) is 4.74 Å². The average molecular weight is 222 g/mol. The lowest BCUT2D eigenvalue weighted by molar-refractivity contribution is 0.150. The van der Waals surface area contributed by atoms with Crippen molar-refractivity contribution < 1.29 is 9.84 Å². The van der Waals surface area contributed by atoms with Crippen molar-refractivity contribution in [3.8, 4) is 5.88 Å².